The van der Waals surface area contributed by atoms with Gasteiger partial charge in [-0.05, 0) is 44.4 Å². The molecule has 3 heterocycles. The number of hydrogen-bond acceptors (Lipinski definition) is 6. The number of hydrogen-bond donors (Lipinski definition) is 4. The molecule has 178 valence electrons. The van der Waals surface area contributed by atoms with Crippen LogP contribution in [0.25, 0.3) is 0 Å². The van der Waals surface area contributed by atoms with E-state index in [1.54, 1.807) is 18.7 Å². The van der Waals surface area contributed by atoms with Crippen LogP contribution in [0.1, 0.15) is 39.5 Å². The van der Waals surface area contributed by atoms with Gasteiger partial charge in [-0.15, -0.1) is 11.8 Å². The minimum absolute atomic E-state index is 0.0575. The summed E-state index contributed by atoms with van der Waals surface area (Å²) in [5.41, 5.74) is 11.0. The molecule has 1 saturated carbocycles. The zero-order chi connectivity index (χ0) is 23.2. The van der Waals surface area contributed by atoms with Gasteiger partial charge in [-0.2, -0.15) is 0 Å². The number of carbonyl (C=O) groups excluding carboxylic acids is 1. The van der Waals surface area contributed by atoms with Crippen molar-refractivity contribution in [3.8, 4) is 0 Å². The number of carbonyl (C=O) groups is 2. The molecule has 4 aliphatic rings. The lowest BCUT2D eigenvalue weighted by atomic mass is 9.79. The largest absolute Gasteiger partial charge is 0.477 e. The Morgan fingerprint density at radius 1 is 1.22 bits per heavy atom. The van der Waals surface area contributed by atoms with Crippen LogP contribution in [0, 0.1) is 23.7 Å². The van der Waals surface area contributed by atoms with Gasteiger partial charge in [0.15, 0.2) is 5.96 Å². The highest BCUT2D eigenvalue weighted by Crippen LogP contribution is 2.52. The van der Waals surface area contributed by atoms with Crippen LogP contribution in [0.15, 0.2) is 15.6 Å². The minimum atomic E-state index is -1.05. The third-order valence-electron chi connectivity index (χ3n) is 7.54. The molecule has 1 amide bonds. The molecule has 2 saturated heterocycles. The SMILES string of the molecule is C[C@@H](O)[C@H]1C(=O)N2C(C(=O)O)=C(SC3CN(CC4CCC(CN=C(N)N)CC4)C3)[C@H](C)[C@H]12. The van der Waals surface area contributed by atoms with Gasteiger partial charge in [0.25, 0.3) is 0 Å². The summed E-state index contributed by atoms with van der Waals surface area (Å²) in [4.78, 5) is 33.2. The van der Waals surface area contributed by atoms with Crippen LogP contribution in [0.3, 0.4) is 0 Å². The standard InChI is InChI=1S/C22H35N5O4S/c1-11-17-16(12(2)28)20(29)27(17)18(21(30)31)19(11)32-15-9-26(10-15)8-14-5-3-13(4-6-14)7-25-22(23)24/h11-17,28H,3-10H2,1-2H3,(H,30,31)(H4,23,24,25)/t11-,12-,13?,14?,16-,17-/m1/s1. The molecule has 9 nitrogen and oxygen atoms in total. The van der Waals surface area contributed by atoms with Gasteiger partial charge < -0.3 is 31.5 Å². The first-order valence-electron chi connectivity index (χ1n) is 11.6. The number of likely N-dealkylation sites (tertiary alicyclic amines) is 1. The summed E-state index contributed by atoms with van der Waals surface area (Å²) in [6.45, 7) is 7.29. The van der Waals surface area contributed by atoms with Crippen molar-refractivity contribution in [3.63, 3.8) is 0 Å². The second-order valence-electron chi connectivity index (χ2n) is 9.88. The third kappa shape index (κ3) is 4.36. The van der Waals surface area contributed by atoms with Crippen LogP contribution >= 0.6 is 11.8 Å². The summed E-state index contributed by atoms with van der Waals surface area (Å²) in [5, 5.41) is 20.1. The van der Waals surface area contributed by atoms with E-state index in [1.165, 1.54) is 17.7 Å². The topological polar surface area (TPSA) is 145 Å². The average molecular weight is 466 g/mol. The molecule has 4 rings (SSSR count). The zero-order valence-corrected chi connectivity index (χ0v) is 19.6. The zero-order valence-electron chi connectivity index (χ0n) is 18.8. The van der Waals surface area contributed by atoms with Gasteiger partial charge in [0.05, 0.1) is 18.1 Å². The highest BCUT2D eigenvalue weighted by Gasteiger charge is 2.60. The van der Waals surface area contributed by atoms with Crippen molar-refractivity contribution in [2.45, 2.75) is 56.9 Å². The molecule has 0 aromatic rings. The van der Waals surface area contributed by atoms with Crippen LogP contribution < -0.4 is 11.5 Å². The van der Waals surface area contributed by atoms with Gasteiger partial charge in [0, 0.05) is 42.3 Å². The second-order valence-corrected chi connectivity index (χ2v) is 11.2. The molecule has 0 spiro atoms. The Labute approximate surface area is 193 Å². The molecule has 0 aromatic heterocycles. The molecule has 3 aliphatic heterocycles. The molecule has 1 aliphatic carbocycles. The Morgan fingerprint density at radius 2 is 1.84 bits per heavy atom. The summed E-state index contributed by atoms with van der Waals surface area (Å²) in [7, 11) is 0. The third-order valence-corrected chi connectivity index (χ3v) is 8.99. The average Bonchev–Trinajstić information content (AvgIpc) is 2.94. The summed E-state index contributed by atoms with van der Waals surface area (Å²) < 4.78 is 0. The predicted molar refractivity (Wildman–Crippen MR) is 124 cm³/mol. The van der Waals surface area contributed by atoms with Crippen molar-refractivity contribution in [3.05, 3.63) is 10.6 Å². The number of rotatable bonds is 8. The molecule has 10 heteroatoms. The Morgan fingerprint density at radius 3 is 2.41 bits per heavy atom. The van der Waals surface area contributed by atoms with Gasteiger partial charge in [0.2, 0.25) is 5.91 Å². The molecule has 4 atom stereocenters. The number of β-lactam (4-membered cyclic amide) rings is 1. The van der Waals surface area contributed by atoms with Gasteiger partial charge in [-0.25, -0.2) is 4.79 Å². The Hall–Kier alpha value is -1.78. The number of thioether (sulfide) groups is 1. The van der Waals surface area contributed by atoms with E-state index in [1.807, 2.05) is 6.92 Å². The minimum Gasteiger partial charge on any atom is -0.477 e. The number of aliphatic imine (C=N–C) groups is 1. The maximum absolute atomic E-state index is 12.5. The lowest BCUT2D eigenvalue weighted by molar-refractivity contribution is -0.163. The smallest absolute Gasteiger partial charge is 0.353 e. The van der Waals surface area contributed by atoms with Gasteiger partial charge in [-0.1, -0.05) is 6.92 Å². The summed E-state index contributed by atoms with van der Waals surface area (Å²) >= 11 is 1.62. The van der Waals surface area contributed by atoms with Crippen molar-refractivity contribution in [2.24, 2.45) is 40.1 Å². The molecular formula is C22H35N5O4S. The van der Waals surface area contributed by atoms with Crippen LogP contribution in [0.5, 0.6) is 0 Å². The molecule has 0 unspecified atom stereocenters. The van der Waals surface area contributed by atoms with Crippen LogP contribution in [-0.4, -0.2) is 81.4 Å². The van der Waals surface area contributed by atoms with E-state index in [4.69, 9.17) is 11.5 Å². The number of carboxylic acids is 1. The van der Waals surface area contributed by atoms with Crippen molar-refractivity contribution >= 4 is 29.6 Å². The Balaban J connectivity index is 1.27. The number of nitrogens with zero attached hydrogens (tertiary/aromatic N) is 3. The molecule has 6 N–H and O–H groups in total. The number of fused-ring (bicyclic) bond motifs is 1. The van der Waals surface area contributed by atoms with Crippen LogP contribution in [0.2, 0.25) is 0 Å². The molecular weight excluding hydrogens is 430 g/mol. The van der Waals surface area contributed by atoms with E-state index >= 15 is 0 Å². The van der Waals surface area contributed by atoms with Crippen molar-refractivity contribution in [1.82, 2.24) is 9.80 Å². The maximum atomic E-state index is 12.5. The van der Waals surface area contributed by atoms with E-state index in [-0.39, 0.29) is 29.5 Å². The molecule has 0 radical (unpaired) electrons. The lowest BCUT2D eigenvalue weighted by Gasteiger charge is -2.46. The normalized spacial score (nSPS) is 34.0. The van der Waals surface area contributed by atoms with E-state index in [9.17, 15) is 19.8 Å². The van der Waals surface area contributed by atoms with E-state index in [0.717, 1.165) is 43.9 Å². The maximum Gasteiger partial charge on any atom is 0.353 e. The van der Waals surface area contributed by atoms with E-state index in [2.05, 4.69) is 9.89 Å². The molecule has 0 aromatic carbocycles. The first-order valence-corrected chi connectivity index (χ1v) is 12.5. The monoisotopic (exact) mass is 465 g/mol. The van der Waals surface area contributed by atoms with Crippen molar-refractivity contribution in [1.29, 1.82) is 0 Å². The number of carboxylic acid groups (broad SMARTS) is 1. The predicted octanol–water partition coefficient (Wildman–Crippen LogP) is 0.637. The number of aliphatic hydroxyl groups excluding tert-OH is 1. The fourth-order valence-electron chi connectivity index (χ4n) is 5.80. The van der Waals surface area contributed by atoms with Gasteiger partial charge in [0.1, 0.15) is 5.70 Å². The van der Waals surface area contributed by atoms with Crippen LogP contribution in [-0.2, 0) is 9.59 Å². The number of aliphatic carboxylic acids is 1. The summed E-state index contributed by atoms with van der Waals surface area (Å²) in [6, 6.07) is -0.235. The van der Waals surface area contributed by atoms with Gasteiger partial charge >= 0.3 is 5.97 Å². The van der Waals surface area contributed by atoms with Crippen molar-refractivity contribution < 1.29 is 19.8 Å². The second kappa shape index (κ2) is 9.23. The first kappa shape index (κ1) is 23.4. The Kier molecular flexibility index (Phi) is 6.74. The van der Waals surface area contributed by atoms with Gasteiger partial charge in [-0.3, -0.25) is 9.79 Å². The molecule has 32 heavy (non-hydrogen) atoms. The van der Waals surface area contributed by atoms with Crippen LogP contribution in [0.4, 0.5) is 0 Å². The number of nitrogens with two attached hydrogens (primary N) is 2. The van der Waals surface area contributed by atoms with E-state index in [0.29, 0.717) is 17.1 Å². The quantitative estimate of drug-likeness (QED) is 0.232. The number of amides is 1. The fourth-order valence-corrected chi connectivity index (χ4v) is 7.38. The fraction of sp³-hybridized carbons (Fsp3) is 0.773. The lowest BCUT2D eigenvalue weighted by Crippen LogP contribution is -2.63. The first-order chi connectivity index (χ1) is 15.2. The Bertz CT molecular complexity index is 813. The summed E-state index contributed by atoms with van der Waals surface area (Å²) in [6.07, 6.45) is 3.96. The number of guanidine groups is 1. The highest BCUT2D eigenvalue weighted by atomic mass is 32.2. The molecule has 0 bridgehead atoms. The number of aliphatic hydroxyl groups is 1. The highest BCUT2D eigenvalue weighted by molar-refractivity contribution is 8.03. The van der Waals surface area contributed by atoms with E-state index < -0.39 is 18.0 Å². The molecule has 3 fully saturated rings. The van der Waals surface area contributed by atoms with Crippen molar-refractivity contribution in [2.75, 3.05) is 26.2 Å². The summed E-state index contributed by atoms with van der Waals surface area (Å²) in [5.74, 6) is -0.429.